The van der Waals surface area contributed by atoms with Crippen LogP contribution in [0.5, 0.6) is 0 Å². The third kappa shape index (κ3) is 7.06. The second kappa shape index (κ2) is 16.4. The van der Waals surface area contributed by atoms with Gasteiger partial charge in [-0.15, -0.1) is 0 Å². The molecule has 2 aromatic heterocycles. The van der Waals surface area contributed by atoms with E-state index in [-0.39, 0.29) is 0 Å². The van der Waals surface area contributed by atoms with Gasteiger partial charge >= 0.3 is 0 Å². The highest BCUT2D eigenvalue weighted by Crippen LogP contribution is 2.40. The van der Waals surface area contributed by atoms with Crippen LogP contribution in [-0.2, 0) is 0 Å². The number of nitrogens with zero attached hydrogens (tertiary/aromatic N) is 1. The molecule has 0 aliphatic heterocycles. The molecule has 0 spiro atoms. The van der Waals surface area contributed by atoms with Crippen molar-refractivity contribution in [2.24, 2.45) is 16.5 Å². The third-order valence-corrected chi connectivity index (χ3v) is 11.0. The Balaban J connectivity index is 0.000000463. The van der Waals surface area contributed by atoms with E-state index in [0.717, 1.165) is 71.7 Å². The molecule has 0 aliphatic carbocycles. The Morgan fingerprint density at radius 3 is 1.90 bits per heavy atom. The van der Waals surface area contributed by atoms with Crippen molar-refractivity contribution in [3.05, 3.63) is 205 Å². The predicted molar refractivity (Wildman–Crippen MR) is 254 cm³/mol. The standard InChI is InChI=1S/C46H31N3O2.C7H8.C2H6/c47-45(36-14-4-3-11-31(36)30-21-23-35-34-13-5-6-17-39(34)51-42(35)26-30)49-46(48)37-16-8-18-41-44(37)38-25-29(22-24-40(38)50-41)33-15-7-10-28-20-19-27-9-1-2-12-32(27)43(28)33;1-7-5-3-2-4-6-7;1-2/h1-26,46H,48H2,(H2,47,49);2-6H,1H3;1-2H3. The zero-order chi connectivity index (χ0) is 41.2. The minimum atomic E-state index is -0.731. The normalized spacial score (nSPS) is 12.1. The van der Waals surface area contributed by atoms with Crippen molar-refractivity contribution in [3.63, 3.8) is 0 Å². The molecule has 60 heavy (non-hydrogen) atoms. The lowest BCUT2D eigenvalue weighted by Crippen LogP contribution is -2.19. The van der Waals surface area contributed by atoms with Gasteiger partial charge in [0, 0.05) is 32.7 Å². The van der Waals surface area contributed by atoms with Crippen molar-refractivity contribution in [1.29, 1.82) is 0 Å². The molecular formula is C55H45N3O2. The van der Waals surface area contributed by atoms with Crippen LogP contribution >= 0.6 is 0 Å². The van der Waals surface area contributed by atoms with Crippen LogP contribution < -0.4 is 11.5 Å². The summed E-state index contributed by atoms with van der Waals surface area (Å²) in [6.07, 6.45) is -0.731. The Hall–Kier alpha value is -7.47. The van der Waals surface area contributed by atoms with Crippen molar-refractivity contribution in [3.8, 4) is 22.3 Å². The second-order valence-electron chi connectivity index (χ2n) is 14.7. The van der Waals surface area contributed by atoms with Gasteiger partial charge in [0.1, 0.15) is 34.3 Å². The SMILES string of the molecule is CC.Cc1ccccc1.N/C(=N\C(N)c1cccc2oc3ccc(-c4cccc5ccc6ccccc6c45)cc3c12)c1ccccc1-c1ccc2c(c1)oc1ccccc12. The smallest absolute Gasteiger partial charge is 0.136 e. The Bertz CT molecular complexity index is 3340. The second-order valence-corrected chi connectivity index (χ2v) is 14.7. The Morgan fingerprint density at radius 2 is 1.07 bits per heavy atom. The highest BCUT2D eigenvalue weighted by atomic mass is 16.3. The lowest BCUT2D eigenvalue weighted by Gasteiger charge is -2.14. The summed E-state index contributed by atoms with van der Waals surface area (Å²) >= 11 is 0. The maximum atomic E-state index is 6.92. The molecule has 0 fully saturated rings. The van der Waals surface area contributed by atoms with E-state index in [9.17, 15) is 0 Å². The van der Waals surface area contributed by atoms with Crippen LogP contribution in [0, 0.1) is 6.92 Å². The lowest BCUT2D eigenvalue weighted by molar-refractivity contribution is 0.667. The number of hydrogen-bond acceptors (Lipinski definition) is 4. The lowest BCUT2D eigenvalue weighted by atomic mass is 9.93. The number of rotatable bonds is 5. The van der Waals surface area contributed by atoms with Crippen LogP contribution in [0.25, 0.3) is 87.7 Å². The van der Waals surface area contributed by atoms with Gasteiger partial charge in [-0.3, -0.25) is 0 Å². The van der Waals surface area contributed by atoms with Crippen molar-refractivity contribution in [1.82, 2.24) is 0 Å². The Morgan fingerprint density at radius 1 is 0.467 bits per heavy atom. The number of furan rings is 2. The summed E-state index contributed by atoms with van der Waals surface area (Å²) in [5, 5.41) is 8.97. The monoisotopic (exact) mass is 779 g/mol. The van der Waals surface area contributed by atoms with Crippen molar-refractivity contribution >= 4 is 71.3 Å². The molecule has 5 heteroatoms. The minimum Gasteiger partial charge on any atom is -0.456 e. The Labute approximate surface area is 349 Å². The van der Waals surface area contributed by atoms with Crippen LogP contribution in [0.3, 0.4) is 0 Å². The number of aliphatic imine (C=N–C) groups is 1. The number of nitrogens with two attached hydrogens (primary N) is 2. The molecule has 0 amide bonds. The maximum Gasteiger partial charge on any atom is 0.136 e. The third-order valence-electron chi connectivity index (χ3n) is 11.0. The first-order valence-electron chi connectivity index (χ1n) is 20.5. The highest BCUT2D eigenvalue weighted by molar-refractivity contribution is 6.16. The van der Waals surface area contributed by atoms with Gasteiger partial charge in [-0.2, -0.15) is 0 Å². The quantitative estimate of drug-likeness (QED) is 0.103. The summed E-state index contributed by atoms with van der Waals surface area (Å²) in [7, 11) is 0. The highest BCUT2D eigenvalue weighted by Gasteiger charge is 2.19. The predicted octanol–water partition coefficient (Wildman–Crippen LogP) is 14.5. The van der Waals surface area contributed by atoms with E-state index in [0.29, 0.717) is 5.84 Å². The van der Waals surface area contributed by atoms with Gasteiger partial charge in [0.2, 0.25) is 0 Å². The minimum absolute atomic E-state index is 0.357. The number of benzene rings is 9. The number of aryl methyl sites for hydroxylation is 1. The van der Waals surface area contributed by atoms with E-state index in [2.05, 4.69) is 122 Å². The summed E-state index contributed by atoms with van der Waals surface area (Å²) < 4.78 is 12.6. The van der Waals surface area contributed by atoms with Crippen LogP contribution in [0.2, 0.25) is 0 Å². The van der Waals surface area contributed by atoms with Gasteiger partial charge in [0.05, 0.1) is 0 Å². The van der Waals surface area contributed by atoms with Gasteiger partial charge in [-0.1, -0.05) is 171 Å². The molecule has 2 heterocycles. The van der Waals surface area contributed by atoms with E-state index < -0.39 is 6.17 Å². The summed E-state index contributed by atoms with van der Waals surface area (Å²) in [4.78, 5) is 4.90. The fourth-order valence-corrected chi connectivity index (χ4v) is 8.24. The number of para-hydroxylation sites is 1. The van der Waals surface area contributed by atoms with Crippen LogP contribution in [0.1, 0.15) is 36.7 Å². The van der Waals surface area contributed by atoms with Gasteiger partial charge in [0.25, 0.3) is 0 Å². The van der Waals surface area contributed by atoms with E-state index in [1.807, 2.05) is 86.6 Å². The van der Waals surface area contributed by atoms with Crippen LogP contribution in [0.15, 0.2) is 202 Å². The molecule has 11 rings (SSSR count). The first-order valence-corrected chi connectivity index (χ1v) is 20.5. The Kier molecular flexibility index (Phi) is 10.4. The van der Waals surface area contributed by atoms with Gasteiger partial charge < -0.3 is 20.3 Å². The topological polar surface area (TPSA) is 90.7 Å². The summed E-state index contributed by atoms with van der Waals surface area (Å²) in [5.41, 5.74) is 24.1. The molecule has 5 nitrogen and oxygen atoms in total. The van der Waals surface area contributed by atoms with Crippen molar-refractivity contribution in [2.45, 2.75) is 26.9 Å². The fraction of sp³-hybridized carbons (Fsp3) is 0.0727. The fourth-order valence-electron chi connectivity index (χ4n) is 8.24. The molecular weight excluding hydrogens is 735 g/mol. The average Bonchev–Trinajstić information content (AvgIpc) is 3.87. The molecule has 11 aromatic rings. The molecule has 0 aliphatic rings. The molecule has 4 N–H and O–H groups in total. The van der Waals surface area contributed by atoms with E-state index in [1.54, 1.807) is 0 Å². The molecule has 1 atom stereocenters. The van der Waals surface area contributed by atoms with Gasteiger partial charge in [0.15, 0.2) is 0 Å². The zero-order valence-electron chi connectivity index (χ0n) is 33.9. The summed E-state index contributed by atoms with van der Waals surface area (Å²) in [5.74, 6) is 0.357. The number of amidine groups is 1. The largest absolute Gasteiger partial charge is 0.456 e. The average molecular weight is 780 g/mol. The molecule has 0 bridgehead atoms. The molecule has 9 aromatic carbocycles. The van der Waals surface area contributed by atoms with E-state index >= 15 is 0 Å². The van der Waals surface area contributed by atoms with Crippen molar-refractivity contribution in [2.75, 3.05) is 0 Å². The number of hydrogen-bond donors (Lipinski definition) is 2. The van der Waals surface area contributed by atoms with E-state index in [1.165, 1.54) is 32.7 Å². The molecule has 0 radical (unpaired) electrons. The molecule has 1 unspecified atom stereocenters. The molecule has 0 saturated carbocycles. The first-order chi connectivity index (χ1) is 29.5. The first kappa shape index (κ1) is 38.1. The van der Waals surface area contributed by atoms with Gasteiger partial charge in [-0.05, 0) is 87.1 Å². The maximum absolute atomic E-state index is 6.92. The zero-order valence-corrected chi connectivity index (χ0v) is 33.9. The summed E-state index contributed by atoms with van der Waals surface area (Å²) in [6, 6.07) is 64.4. The van der Waals surface area contributed by atoms with Crippen LogP contribution in [-0.4, -0.2) is 5.84 Å². The van der Waals surface area contributed by atoms with Crippen LogP contribution in [0.4, 0.5) is 0 Å². The summed E-state index contributed by atoms with van der Waals surface area (Å²) in [6.45, 7) is 6.08. The molecule has 292 valence electrons. The van der Waals surface area contributed by atoms with Gasteiger partial charge in [-0.25, -0.2) is 4.99 Å². The van der Waals surface area contributed by atoms with E-state index in [4.69, 9.17) is 25.3 Å². The molecule has 0 saturated heterocycles. The van der Waals surface area contributed by atoms with Crippen molar-refractivity contribution < 1.29 is 8.83 Å². The number of fused-ring (bicyclic) bond motifs is 9.